The van der Waals surface area contributed by atoms with E-state index in [1.54, 1.807) is 4.90 Å². The number of piperazine rings is 1. The first kappa shape index (κ1) is 20.2. The molecule has 1 fully saturated rings. The van der Waals surface area contributed by atoms with E-state index in [-0.39, 0.29) is 24.8 Å². The Labute approximate surface area is 151 Å². The van der Waals surface area contributed by atoms with E-state index in [0.717, 1.165) is 31.8 Å². The van der Waals surface area contributed by atoms with Gasteiger partial charge in [0.1, 0.15) is 0 Å². The van der Waals surface area contributed by atoms with E-state index >= 15 is 0 Å². The fraction of sp³-hybridized carbons (Fsp3) is 0.556. The minimum Gasteiger partial charge on any atom is -0.340 e. The minimum absolute atomic E-state index is 0.0427. The summed E-state index contributed by atoms with van der Waals surface area (Å²) in [4.78, 5) is 29.6. The Morgan fingerprint density at radius 2 is 1.65 bits per heavy atom. The van der Waals surface area contributed by atoms with Crippen LogP contribution in [0.2, 0.25) is 0 Å². The Balaban J connectivity index is 1.96. The van der Waals surface area contributed by atoms with E-state index in [9.17, 15) is 22.8 Å². The smallest absolute Gasteiger partial charge is 0.340 e. The number of alkyl halides is 3. The zero-order valence-corrected chi connectivity index (χ0v) is 15.1. The Bertz CT molecular complexity index is 624. The molecule has 0 saturated carbocycles. The zero-order chi connectivity index (χ0) is 19.3. The van der Waals surface area contributed by atoms with Crippen molar-refractivity contribution in [2.24, 2.45) is 0 Å². The van der Waals surface area contributed by atoms with Crippen LogP contribution in [-0.4, -0.2) is 60.9 Å². The summed E-state index contributed by atoms with van der Waals surface area (Å²) in [5, 5.41) is 0. The molecule has 8 heteroatoms. The van der Waals surface area contributed by atoms with Crippen LogP contribution in [0.15, 0.2) is 24.3 Å². The van der Waals surface area contributed by atoms with Crippen LogP contribution < -0.4 is 4.90 Å². The number of anilines is 1. The molecule has 144 valence electrons. The summed E-state index contributed by atoms with van der Waals surface area (Å²) in [5.41, 5.74) is -0.413. The molecule has 1 heterocycles. The Kier molecular flexibility index (Phi) is 6.63. The molecule has 2 amide bonds. The standard InChI is InChI=1S/C18H24F3N3O2/c1-3-22-10-12-23(13-11-22)17(26)8-9-24(14(2)25)16-6-4-15(5-7-16)18(19,20)21/h4-7H,3,8-13H2,1-2H3. The Morgan fingerprint density at radius 3 is 2.12 bits per heavy atom. The molecule has 0 unspecified atom stereocenters. The second kappa shape index (κ2) is 8.53. The number of carbonyl (C=O) groups is 2. The number of likely N-dealkylation sites (N-methyl/N-ethyl adjacent to an activating group) is 1. The van der Waals surface area contributed by atoms with E-state index in [0.29, 0.717) is 18.8 Å². The maximum atomic E-state index is 12.7. The highest BCUT2D eigenvalue weighted by molar-refractivity contribution is 5.92. The zero-order valence-electron chi connectivity index (χ0n) is 15.1. The number of rotatable bonds is 5. The molecular formula is C18H24F3N3O2. The van der Waals surface area contributed by atoms with Crippen molar-refractivity contribution in [1.29, 1.82) is 0 Å². The van der Waals surface area contributed by atoms with Crippen molar-refractivity contribution in [3.63, 3.8) is 0 Å². The summed E-state index contributed by atoms with van der Waals surface area (Å²) in [6.07, 6.45) is -4.27. The van der Waals surface area contributed by atoms with Gasteiger partial charge in [-0.15, -0.1) is 0 Å². The predicted octanol–water partition coefficient (Wildman–Crippen LogP) is 2.61. The average molecular weight is 371 g/mol. The number of halogens is 3. The minimum atomic E-state index is -4.42. The summed E-state index contributed by atoms with van der Waals surface area (Å²) >= 11 is 0. The molecule has 0 radical (unpaired) electrons. The number of benzene rings is 1. The van der Waals surface area contributed by atoms with Gasteiger partial charge in [-0.2, -0.15) is 13.2 Å². The van der Waals surface area contributed by atoms with Gasteiger partial charge >= 0.3 is 6.18 Å². The second-order valence-corrected chi connectivity index (χ2v) is 6.28. The molecule has 0 spiro atoms. The topological polar surface area (TPSA) is 43.9 Å². The fourth-order valence-electron chi connectivity index (χ4n) is 2.98. The number of hydrogen-bond donors (Lipinski definition) is 0. The van der Waals surface area contributed by atoms with Crippen LogP contribution in [-0.2, 0) is 15.8 Å². The van der Waals surface area contributed by atoms with Crippen LogP contribution in [0.3, 0.4) is 0 Å². The van der Waals surface area contributed by atoms with Gasteiger partial charge in [-0.1, -0.05) is 6.92 Å². The lowest BCUT2D eigenvalue weighted by Gasteiger charge is -2.34. The van der Waals surface area contributed by atoms with E-state index in [2.05, 4.69) is 11.8 Å². The molecule has 0 bridgehead atoms. The van der Waals surface area contributed by atoms with Crippen LogP contribution in [0.5, 0.6) is 0 Å². The third kappa shape index (κ3) is 5.20. The highest BCUT2D eigenvalue weighted by atomic mass is 19.4. The van der Waals surface area contributed by atoms with Crippen molar-refractivity contribution in [2.75, 3.05) is 44.2 Å². The molecule has 1 aliphatic rings. The van der Waals surface area contributed by atoms with Crippen LogP contribution in [0.4, 0.5) is 18.9 Å². The summed E-state index contributed by atoms with van der Waals surface area (Å²) in [6.45, 7) is 7.49. The van der Waals surface area contributed by atoms with E-state index in [4.69, 9.17) is 0 Å². The molecule has 2 rings (SSSR count). The first-order valence-corrected chi connectivity index (χ1v) is 8.68. The maximum Gasteiger partial charge on any atom is 0.416 e. The van der Waals surface area contributed by atoms with Gasteiger partial charge in [0.05, 0.1) is 5.56 Å². The van der Waals surface area contributed by atoms with Crippen LogP contribution in [0.25, 0.3) is 0 Å². The second-order valence-electron chi connectivity index (χ2n) is 6.28. The van der Waals surface area contributed by atoms with Gasteiger partial charge in [0.25, 0.3) is 0 Å². The summed E-state index contributed by atoms with van der Waals surface area (Å²) in [5.74, 6) is -0.354. The Hall–Kier alpha value is -2.09. The molecule has 26 heavy (non-hydrogen) atoms. The van der Waals surface area contributed by atoms with Gasteiger partial charge in [-0.05, 0) is 30.8 Å². The molecule has 1 aromatic carbocycles. The van der Waals surface area contributed by atoms with Gasteiger partial charge < -0.3 is 14.7 Å². The van der Waals surface area contributed by atoms with Crippen molar-refractivity contribution in [3.05, 3.63) is 29.8 Å². The van der Waals surface area contributed by atoms with E-state index in [1.165, 1.54) is 24.0 Å². The van der Waals surface area contributed by atoms with Gasteiger partial charge in [0.2, 0.25) is 11.8 Å². The fourth-order valence-corrected chi connectivity index (χ4v) is 2.98. The van der Waals surface area contributed by atoms with Gasteiger partial charge in [-0.3, -0.25) is 9.59 Å². The summed E-state index contributed by atoms with van der Waals surface area (Å²) < 4.78 is 38.0. The lowest BCUT2D eigenvalue weighted by Crippen LogP contribution is -2.49. The lowest BCUT2D eigenvalue weighted by atomic mass is 10.1. The molecular weight excluding hydrogens is 347 g/mol. The highest BCUT2D eigenvalue weighted by Gasteiger charge is 2.30. The largest absolute Gasteiger partial charge is 0.416 e. The van der Waals surface area contributed by atoms with E-state index in [1.807, 2.05) is 0 Å². The number of carbonyl (C=O) groups excluding carboxylic acids is 2. The number of amides is 2. The van der Waals surface area contributed by atoms with Crippen molar-refractivity contribution in [3.8, 4) is 0 Å². The van der Waals surface area contributed by atoms with Crippen molar-refractivity contribution >= 4 is 17.5 Å². The van der Waals surface area contributed by atoms with Gasteiger partial charge in [0.15, 0.2) is 0 Å². The summed E-state index contributed by atoms with van der Waals surface area (Å²) in [6, 6.07) is 4.40. The average Bonchev–Trinajstić information content (AvgIpc) is 2.61. The van der Waals surface area contributed by atoms with Crippen molar-refractivity contribution < 1.29 is 22.8 Å². The summed E-state index contributed by atoms with van der Waals surface area (Å²) in [7, 11) is 0. The SMILES string of the molecule is CCN1CCN(C(=O)CCN(C(C)=O)c2ccc(C(F)(F)F)cc2)CC1. The molecule has 0 aromatic heterocycles. The predicted molar refractivity (Wildman–Crippen MR) is 92.8 cm³/mol. The third-order valence-electron chi connectivity index (χ3n) is 4.61. The first-order valence-electron chi connectivity index (χ1n) is 8.68. The van der Waals surface area contributed by atoms with Gasteiger partial charge in [-0.25, -0.2) is 0 Å². The van der Waals surface area contributed by atoms with Crippen molar-refractivity contribution in [2.45, 2.75) is 26.4 Å². The van der Waals surface area contributed by atoms with Crippen molar-refractivity contribution in [1.82, 2.24) is 9.80 Å². The normalized spacial score (nSPS) is 15.8. The molecule has 1 aliphatic heterocycles. The first-order chi connectivity index (χ1) is 12.2. The van der Waals surface area contributed by atoms with E-state index < -0.39 is 11.7 Å². The monoisotopic (exact) mass is 371 g/mol. The van der Waals surface area contributed by atoms with Gasteiger partial charge in [0, 0.05) is 51.8 Å². The molecule has 0 N–H and O–H groups in total. The highest BCUT2D eigenvalue weighted by Crippen LogP contribution is 2.30. The molecule has 1 saturated heterocycles. The van der Waals surface area contributed by atoms with Crippen LogP contribution >= 0.6 is 0 Å². The number of nitrogens with zero attached hydrogens (tertiary/aromatic N) is 3. The molecule has 0 atom stereocenters. The maximum absolute atomic E-state index is 12.7. The molecule has 1 aromatic rings. The number of hydrogen-bond acceptors (Lipinski definition) is 3. The lowest BCUT2D eigenvalue weighted by molar-refractivity contribution is -0.137. The molecule has 5 nitrogen and oxygen atoms in total. The Morgan fingerprint density at radius 1 is 1.08 bits per heavy atom. The third-order valence-corrected chi connectivity index (χ3v) is 4.61. The van der Waals surface area contributed by atoms with Crippen LogP contribution in [0.1, 0.15) is 25.8 Å². The molecule has 0 aliphatic carbocycles. The van der Waals surface area contributed by atoms with Crippen LogP contribution in [0, 0.1) is 0 Å². The quantitative estimate of drug-likeness (QED) is 0.799.